The van der Waals surface area contributed by atoms with Crippen LogP contribution in [0, 0.1) is 39.5 Å². The summed E-state index contributed by atoms with van der Waals surface area (Å²) in [6, 6.07) is 17.5. The molecule has 2 aliphatic carbocycles. The monoisotopic (exact) mass is 742 g/mol. The molecule has 4 aromatic rings. The van der Waals surface area contributed by atoms with Crippen molar-refractivity contribution in [2.24, 2.45) is 11.8 Å². The van der Waals surface area contributed by atoms with Crippen molar-refractivity contribution in [2.75, 3.05) is 27.4 Å². The zero-order valence-electron chi connectivity index (χ0n) is 32.6. The van der Waals surface area contributed by atoms with Crippen LogP contribution < -0.4 is 29.8 Å². The minimum absolute atomic E-state index is 0.0130. The van der Waals surface area contributed by atoms with E-state index in [0.29, 0.717) is 67.6 Å². The molecule has 0 amide bonds. The highest BCUT2D eigenvalue weighted by Gasteiger charge is 2.25. The van der Waals surface area contributed by atoms with E-state index in [4.69, 9.17) is 23.7 Å². The molecule has 6 rings (SSSR count). The third-order valence-electron chi connectivity index (χ3n) is 9.85. The van der Waals surface area contributed by atoms with E-state index >= 15 is 0 Å². The van der Waals surface area contributed by atoms with Crippen LogP contribution in [0.15, 0.2) is 70.3 Å². The Morgan fingerprint density at radius 3 is 1.52 bits per heavy atom. The number of carbonyl (C=O) groups is 1. The highest BCUT2D eigenvalue weighted by molar-refractivity contribution is 5.69. The molecule has 0 saturated heterocycles. The van der Waals surface area contributed by atoms with E-state index in [1.807, 2.05) is 73.2 Å². The van der Waals surface area contributed by atoms with Gasteiger partial charge in [0, 0.05) is 53.5 Å². The van der Waals surface area contributed by atoms with Crippen LogP contribution in [0.3, 0.4) is 0 Å². The van der Waals surface area contributed by atoms with Crippen LogP contribution >= 0.6 is 0 Å². The summed E-state index contributed by atoms with van der Waals surface area (Å²) in [4.78, 5) is 35.4. The lowest BCUT2D eigenvalue weighted by Gasteiger charge is -2.23. The summed E-state index contributed by atoms with van der Waals surface area (Å²) in [6.45, 7) is 11.4. The number of nitrogens with zero attached hydrogens (tertiary/aromatic N) is 2. The number of carbonyl (C=O) groups excluding carboxylic acids is 1. The van der Waals surface area contributed by atoms with Crippen molar-refractivity contribution in [3.05, 3.63) is 115 Å². The molecule has 0 aliphatic heterocycles. The Kier molecular flexibility index (Phi) is 13.6. The fourth-order valence-corrected chi connectivity index (χ4v) is 6.25. The summed E-state index contributed by atoms with van der Waals surface area (Å²) in [5.41, 5.74) is 4.88. The van der Waals surface area contributed by atoms with Crippen LogP contribution in [0.25, 0.3) is 0 Å². The first-order chi connectivity index (χ1) is 25.9. The SMILES string of the molecule is CCC(=O)OC(Cn1c(C)cc(=O)cc1C)c1ccc(OC)c(OCC2CC2)c1.COc1ccc(C(O)Cn2c(C)cc(=O)cc2C)cc1OCC1CC1. The van der Waals surface area contributed by atoms with Crippen molar-refractivity contribution in [1.29, 1.82) is 0 Å². The van der Waals surface area contributed by atoms with E-state index in [1.165, 1.54) is 25.7 Å². The first kappa shape index (κ1) is 40.2. The first-order valence-corrected chi connectivity index (χ1v) is 18.7. The smallest absolute Gasteiger partial charge is 0.306 e. The highest BCUT2D eigenvalue weighted by atomic mass is 16.5. The molecule has 2 saturated carbocycles. The Morgan fingerprint density at radius 1 is 0.667 bits per heavy atom. The molecule has 0 spiro atoms. The molecule has 2 aliphatic rings. The maximum atomic E-state index is 12.1. The van der Waals surface area contributed by atoms with Crippen molar-refractivity contribution in [3.63, 3.8) is 0 Å². The minimum atomic E-state index is -0.700. The van der Waals surface area contributed by atoms with E-state index < -0.39 is 12.2 Å². The fraction of sp³-hybridized carbons (Fsp3) is 0.465. The third-order valence-corrected chi connectivity index (χ3v) is 9.85. The van der Waals surface area contributed by atoms with Gasteiger partial charge in [-0.05, 0) is 101 Å². The second-order valence-electron chi connectivity index (χ2n) is 14.3. The van der Waals surface area contributed by atoms with E-state index in [-0.39, 0.29) is 16.8 Å². The van der Waals surface area contributed by atoms with Gasteiger partial charge in [0.2, 0.25) is 0 Å². The van der Waals surface area contributed by atoms with Gasteiger partial charge in [-0.1, -0.05) is 19.1 Å². The lowest BCUT2D eigenvalue weighted by molar-refractivity contribution is -0.149. The van der Waals surface area contributed by atoms with Gasteiger partial charge in [0.15, 0.2) is 33.9 Å². The van der Waals surface area contributed by atoms with Crippen LogP contribution in [0.4, 0.5) is 0 Å². The summed E-state index contributed by atoms with van der Waals surface area (Å²) >= 11 is 0. The summed E-state index contributed by atoms with van der Waals surface area (Å²) in [7, 11) is 3.23. The van der Waals surface area contributed by atoms with E-state index in [2.05, 4.69) is 0 Å². The molecule has 2 atom stereocenters. The van der Waals surface area contributed by atoms with E-state index in [0.717, 1.165) is 33.9 Å². The van der Waals surface area contributed by atoms with Crippen LogP contribution in [0.2, 0.25) is 0 Å². The maximum Gasteiger partial charge on any atom is 0.306 e. The minimum Gasteiger partial charge on any atom is -0.493 e. The van der Waals surface area contributed by atoms with Crippen molar-refractivity contribution in [2.45, 2.75) is 92.0 Å². The molecular formula is C43H54N2O9. The number of aromatic nitrogens is 2. The zero-order valence-corrected chi connectivity index (χ0v) is 32.6. The summed E-state index contributed by atoms with van der Waals surface area (Å²) in [5, 5.41) is 10.7. The molecule has 0 bridgehead atoms. The number of hydrogen-bond donors (Lipinski definition) is 1. The molecule has 290 valence electrons. The highest BCUT2D eigenvalue weighted by Crippen LogP contribution is 2.36. The predicted molar refractivity (Wildman–Crippen MR) is 207 cm³/mol. The molecular weight excluding hydrogens is 688 g/mol. The largest absolute Gasteiger partial charge is 0.493 e. The Labute approximate surface area is 317 Å². The van der Waals surface area contributed by atoms with E-state index in [1.54, 1.807) is 45.4 Å². The second-order valence-corrected chi connectivity index (χ2v) is 14.3. The van der Waals surface area contributed by atoms with Crippen molar-refractivity contribution in [1.82, 2.24) is 9.13 Å². The second kappa shape index (κ2) is 18.3. The number of aliphatic hydroxyl groups is 1. The molecule has 2 aromatic carbocycles. The van der Waals surface area contributed by atoms with Gasteiger partial charge in [-0.25, -0.2) is 0 Å². The number of methoxy groups -OCH3 is 2. The van der Waals surface area contributed by atoms with Crippen LogP contribution in [-0.2, 0) is 22.6 Å². The van der Waals surface area contributed by atoms with Gasteiger partial charge >= 0.3 is 5.97 Å². The average molecular weight is 743 g/mol. The molecule has 2 unspecified atom stereocenters. The van der Waals surface area contributed by atoms with Crippen molar-refractivity contribution >= 4 is 5.97 Å². The summed E-state index contributed by atoms with van der Waals surface area (Å²) in [5.74, 6) is 3.64. The number of benzene rings is 2. The average Bonchev–Trinajstić information content (AvgIpc) is 4.08. The number of esters is 1. The van der Waals surface area contributed by atoms with Gasteiger partial charge in [-0.3, -0.25) is 14.4 Å². The molecule has 0 radical (unpaired) electrons. The Bertz CT molecular complexity index is 1970. The number of aryl methyl sites for hydroxylation is 4. The quantitative estimate of drug-likeness (QED) is 0.121. The van der Waals surface area contributed by atoms with Crippen LogP contribution in [0.5, 0.6) is 23.0 Å². The number of rotatable bonds is 16. The van der Waals surface area contributed by atoms with Gasteiger partial charge in [0.05, 0.1) is 46.6 Å². The molecule has 1 N–H and O–H groups in total. The third kappa shape index (κ3) is 11.0. The normalized spacial score (nSPS) is 14.7. The maximum absolute atomic E-state index is 12.1. The summed E-state index contributed by atoms with van der Waals surface area (Å²) < 4.78 is 32.3. The standard InChI is InChI=1S/C23H29NO5.C20H25NO4/c1-5-23(26)29-22(13-24-15(2)10-19(25)11-16(24)3)18-8-9-20(27-4)21(12-18)28-14-17-6-7-17;1-13-8-17(22)9-14(2)21(13)11-18(23)16-6-7-19(24-3)20(10-16)25-12-15-4-5-15/h8-12,17,22H,5-7,13-14H2,1-4H3;6-10,15,18,23H,4-5,11-12H2,1-3H3. The molecule has 2 fully saturated rings. The van der Waals surface area contributed by atoms with Crippen LogP contribution in [-0.4, -0.2) is 47.6 Å². The Hall–Kier alpha value is -5.03. The Balaban J connectivity index is 0.000000210. The lowest BCUT2D eigenvalue weighted by atomic mass is 10.1. The molecule has 2 heterocycles. The van der Waals surface area contributed by atoms with Crippen LogP contribution in [0.1, 0.15) is 85.1 Å². The lowest BCUT2D eigenvalue weighted by Crippen LogP contribution is -2.21. The number of pyridine rings is 2. The van der Waals surface area contributed by atoms with Gasteiger partial charge in [0.1, 0.15) is 6.10 Å². The number of ether oxygens (including phenoxy) is 5. The van der Waals surface area contributed by atoms with Gasteiger partial charge in [-0.2, -0.15) is 0 Å². The molecule has 54 heavy (non-hydrogen) atoms. The fourth-order valence-electron chi connectivity index (χ4n) is 6.25. The van der Waals surface area contributed by atoms with Gasteiger partial charge < -0.3 is 37.9 Å². The van der Waals surface area contributed by atoms with Gasteiger partial charge in [-0.15, -0.1) is 0 Å². The van der Waals surface area contributed by atoms with Crippen molar-refractivity contribution in [3.8, 4) is 23.0 Å². The number of hydrogen-bond acceptors (Lipinski definition) is 9. The predicted octanol–water partition coefficient (Wildman–Crippen LogP) is 6.95. The zero-order chi connectivity index (χ0) is 38.9. The first-order valence-electron chi connectivity index (χ1n) is 18.7. The van der Waals surface area contributed by atoms with Gasteiger partial charge in [0.25, 0.3) is 0 Å². The van der Waals surface area contributed by atoms with Crippen molar-refractivity contribution < 1.29 is 33.6 Å². The topological polar surface area (TPSA) is 127 Å². The number of aliphatic hydroxyl groups excluding tert-OH is 1. The molecule has 11 nitrogen and oxygen atoms in total. The molecule has 11 heteroatoms. The molecule has 2 aromatic heterocycles. The Morgan fingerprint density at radius 2 is 1.09 bits per heavy atom. The van der Waals surface area contributed by atoms with E-state index in [9.17, 15) is 19.5 Å². The summed E-state index contributed by atoms with van der Waals surface area (Å²) in [6.07, 6.45) is 3.92.